The van der Waals surface area contributed by atoms with E-state index >= 15 is 0 Å². The number of benzene rings is 1. The molecule has 1 aliphatic rings. The number of guanidine groups is 1. The van der Waals surface area contributed by atoms with Crippen LogP contribution in [0.3, 0.4) is 0 Å². The highest BCUT2D eigenvalue weighted by molar-refractivity contribution is 14.0. The number of carbonyl (C=O) groups excluding carboxylic acids is 1. The fourth-order valence-electron chi connectivity index (χ4n) is 3.00. The van der Waals surface area contributed by atoms with Crippen LogP contribution in [0.25, 0.3) is 0 Å². The summed E-state index contributed by atoms with van der Waals surface area (Å²) in [4.78, 5) is 21.0. The molecule has 2 rings (SSSR count). The summed E-state index contributed by atoms with van der Waals surface area (Å²) >= 11 is 0. The van der Waals surface area contributed by atoms with Gasteiger partial charge in [0.1, 0.15) is 0 Å². The number of nitrogens with one attached hydrogen (secondary N) is 1. The van der Waals surface area contributed by atoms with Gasteiger partial charge in [-0.15, -0.1) is 24.0 Å². The Labute approximate surface area is 168 Å². The van der Waals surface area contributed by atoms with Gasteiger partial charge in [0.2, 0.25) is 5.91 Å². The molecule has 0 atom stereocenters. The zero-order valence-corrected chi connectivity index (χ0v) is 17.9. The van der Waals surface area contributed by atoms with Crippen LogP contribution in [-0.4, -0.2) is 54.9 Å². The summed E-state index contributed by atoms with van der Waals surface area (Å²) in [5.74, 6) is 1.72. The third kappa shape index (κ3) is 6.84. The minimum absolute atomic E-state index is 0. The van der Waals surface area contributed by atoms with Gasteiger partial charge < -0.3 is 15.1 Å². The number of likely N-dealkylation sites (tertiary alicyclic amines) is 1. The third-order valence-electron chi connectivity index (χ3n) is 4.64. The van der Waals surface area contributed by atoms with Crippen molar-refractivity contribution in [2.24, 2.45) is 10.9 Å². The zero-order valence-electron chi connectivity index (χ0n) is 15.6. The molecule has 140 valence electrons. The Kier molecular flexibility index (Phi) is 9.85. The van der Waals surface area contributed by atoms with E-state index in [2.05, 4.69) is 34.3 Å². The van der Waals surface area contributed by atoms with Crippen LogP contribution in [0.2, 0.25) is 0 Å². The maximum atomic E-state index is 12.5. The van der Waals surface area contributed by atoms with Gasteiger partial charge in [-0.2, -0.15) is 0 Å². The van der Waals surface area contributed by atoms with E-state index in [9.17, 15) is 4.79 Å². The number of halogens is 1. The first-order chi connectivity index (χ1) is 11.6. The molecule has 5 nitrogen and oxygen atoms in total. The predicted octanol–water partition coefficient (Wildman–Crippen LogP) is 2.96. The number of hydrogen-bond acceptors (Lipinski definition) is 2. The van der Waals surface area contributed by atoms with E-state index in [1.807, 2.05) is 30.0 Å². The number of piperidine rings is 1. The molecule has 0 spiro atoms. The number of rotatable bonds is 5. The van der Waals surface area contributed by atoms with E-state index in [-0.39, 0.29) is 29.9 Å². The summed E-state index contributed by atoms with van der Waals surface area (Å²) in [6, 6.07) is 10.1. The van der Waals surface area contributed by atoms with Crippen LogP contribution in [0.15, 0.2) is 35.3 Å². The Hall–Kier alpha value is -1.31. The van der Waals surface area contributed by atoms with Crippen LogP contribution in [0.1, 0.15) is 32.3 Å². The van der Waals surface area contributed by atoms with E-state index in [0.717, 1.165) is 30.5 Å². The average Bonchev–Trinajstić information content (AvgIpc) is 2.62. The van der Waals surface area contributed by atoms with Gasteiger partial charge in [0.25, 0.3) is 0 Å². The Bertz CT molecular complexity index is 542. The second-order valence-electron chi connectivity index (χ2n) is 6.46. The summed E-state index contributed by atoms with van der Waals surface area (Å²) < 4.78 is 0. The molecule has 0 aromatic heterocycles. The smallest absolute Gasteiger partial charge is 0.242 e. The van der Waals surface area contributed by atoms with Gasteiger partial charge >= 0.3 is 0 Å². The standard InChI is InChI=1S/C19H30N4O.HI/c1-4-22(15-17-8-6-5-7-9-17)18(24)14-21-19(20-3)23-12-10-16(2)11-13-23;/h5-9,16H,4,10-15H2,1-3H3,(H,20,21);1H. The molecule has 1 aromatic rings. The van der Waals surface area contributed by atoms with E-state index in [0.29, 0.717) is 19.6 Å². The van der Waals surface area contributed by atoms with E-state index < -0.39 is 0 Å². The molecule has 0 bridgehead atoms. The lowest BCUT2D eigenvalue weighted by molar-refractivity contribution is -0.130. The lowest BCUT2D eigenvalue weighted by Crippen LogP contribution is -2.48. The monoisotopic (exact) mass is 458 g/mol. The molecular formula is C19H31IN4O. The summed E-state index contributed by atoms with van der Waals surface area (Å²) in [6.45, 7) is 7.97. The number of likely N-dealkylation sites (N-methyl/N-ethyl adjacent to an activating group) is 1. The van der Waals surface area contributed by atoms with Crippen molar-refractivity contribution in [3.63, 3.8) is 0 Å². The molecule has 6 heteroatoms. The van der Waals surface area contributed by atoms with E-state index in [1.165, 1.54) is 12.8 Å². The zero-order chi connectivity index (χ0) is 17.4. The molecule has 1 aromatic carbocycles. The predicted molar refractivity (Wildman–Crippen MR) is 114 cm³/mol. The average molecular weight is 458 g/mol. The highest BCUT2D eigenvalue weighted by Crippen LogP contribution is 2.15. The number of nitrogens with zero attached hydrogens (tertiary/aromatic N) is 3. The van der Waals surface area contributed by atoms with Crippen molar-refractivity contribution in [3.05, 3.63) is 35.9 Å². The molecule has 0 radical (unpaired) electrons. The van der Waals surface area contributed by atoms with Crippen molar-refractivity contribution in [2.45, 2.75) is 33.2 Å². The van der Waals surface area contributed by atoms with Gasteiger partial charge in [-0.1, -0.05) is 37.3 Å². The van der Waals surface area contributed by atoms with Crippen LogP contribution in [-0.2, 0) is 11.3 Å². The number of carbonyl (C=O) groups is 1. The van der Waals surface area contributed by atoms with Gasteiger partial charge in [0.15, 0.2) is 5.96 Å². The Morgan fingerprint density at radius 3 is 2.48 bits per heavy atom. The van der Waals surface area contributed by atoms with Gasteiger partial charge in [-0.25, -0.2) is 0 Å². The number of hydrogen-bond donors (Lipinski definition) is 1. The van der Waals surface area contributed by atoms with Crippen molar-refractivity contribution in [2.75, 3.05) is 33.2 Å². The third-order valence-corrected chi connectivity index (χ3v) is 4.64. The van der Waals surface area contributed by atoms with Gasteiger partial charge in [-0.3, -0.25) is 9.79 Å². The fraction of sp³-hybridized carbons (Fsp3) is 0.579. The summed E-state index contributed by atoms with van der Waals surface area (Å²) in [7, 11) is 1.78. The largest absolute Gasteiger partial charge is 0.347 e. The molecular weight excluding hydrogens is 427 g/mol. The normalized spacial score (nSPS) is 15.5. The topological polar surface area (TPSA) is 47.9 Å². The van der Waals surface area contributed by atoms with Crippen molar-refractivity contribution >= 4 is 35.8 Å². The van der Waals surface area contributed by atoms with Crippen LogP contribution < -0.4 is 5.32 Å². The maximum Gasteiger partial charge on any atom is 0.242 e. The van der Waals surface area contributed by atoms with Crippen LogP contribution in [0, 0.1) is 5.92 Å². The number of aliphatic imine (C=N–C) groups is 1. The second kappa shape index (κ2) is 11.3. The van der Waals surface area contributed by atoms with Crippen LogP contribution in [0.4, 0.5) is 0 Å². The first-order valence-electron chi connectivity index (χ1n) is 8.91. The van der Waals surface area contributed by atoms with Crippen molar-refractivity contribution in [1.29, 1.82) is 0 Å². The molecule has 1 amide bonds. The first-order valence-corrected chi connectivity index (χ1v) is 8.91. The molecule has 1 fully saturated rings. The number of amides is 1. The summed E-state index contributed by atoms with van der Waals surface area (Å²) in [5, 5.41) is 3.24. The molecule has 25 heavy (non-hydrogen) atoms. The molecule has 0 aliphatic carbocycles. The molecule has 1 heterocycles. The van der Waals surface area contributed by atoms with Crippen molar-refractivity contribution < 1.29 is 4.79 Å². The first kappa shape index (κ1) is 21.7. The molecule has 0 unspecified atom stereocenters. The van der Waals surface area contributed by atoms with Gasteiger partial charge in [0, 0.05) is 33.2 Å². The highest BCUT2D eigenvalue weighted by Gasteiger charge is 2.20. The minimum Gasteiger partial charge on any atom is -0.347 e. The molecule has 1 saturated heterocycles. The minimum atomic E-state index is 0. The fourth-order valence-corrected chi connectivity index (χ4v) is 3.00. The molecule has 0 saturated carbocycles. The quantitative estimate of drug-likeness (QED) is 0.420. The molecule has 1 N–H and O–H groups in total. The van der Waals surface area contributed by atoms with Gasteiger partial charge in [0.05, 0.1) is 6.54 Å². The Balaban J connectivity index is 0.00000312. The molecule has 1 aliphatic heterocycles. The maximum absolute atomic E-state index is 12.5. The van der Waals surface area contributed by atoms with E-state index in [1.54, 1.807) is 7.05 Å². The van der Waals surface area contributed by atoms with Crippen molar-refractivity contribution in [3.8, 4) is 0 Å². The Morgan fingerprint density at radius 1 is 1.28 bits per heavy atom. The van der Waals surface area contributed by atoms with Crippen molar-refractivity contribution in [1.82, 2.24) is 15.1 Å². The van der Waals surface area contributed by atoms with Crippen LogP contribution >= 0.6 is 24.0 Å². The van der Waals surface area contributed by atoms with Gasteiger partial charge in [-0.05, 0) is 31.2 Å². The SMILES string of the molecule is CCN(Cc1ccccc1)C(=O)CNC(=NC)N1CCC(C)CC1.I. The second-order valence-corrected chi connectivity index (χ2v) is 6.46. The van der Waals surface area contributed by atoms with E-state index in [4.69, 9.17) is 0 Å². The lowest BCUT2D eigenvalue weighted by atomic mass is 10.00. The lowest BCUT2D eigenvalue weighted by Gasteiger charge is -2.33. The summed E-state index contributed by atoms with van der Waals surface area (Å²) in [5.41, 5.74) is 1.15. The summed E-state index contributed by atoms with van der Waals surface area (Å²) in [6.07, 6.45) is 2.37. The Morgan fingerprint density at radius 2 is 1.92 bits per heavy atom. The van der Waals surface area contributed by atoms with Crippen LogP contribution in [0.5, 0.6) is 0 Å². The highest BCUT2D eigenvalue weighted by atomic mass is 127.